The van der Waals surface area contributed by atoms with E-state index in [-0.39, 0.29) is 0 Å². The van der Waals surface area contributed by atoms with Crippen LogP contribution in [0.2, 0.25) is 10.2 Å². The van der Waals surface area contributed by atoms with Gasteiger partial charge in [0.15, 0.2) is 0 Å². The van der Waals surface area contributed by atoms with E-state index in [0.29, 0.717) is 16.7 Å². The summed E-state index contributed by atoms with van der Waals surface area (Å²) in [6.45, 7) is 3.61. The molecule has 0 N–H and O–H groups in total. The van der Waals surface area contributed by atoms with E-state index in [1.807, 2.05) is 7.05 Å². The van der Waals surface area contributed by atoms with Crippen LogP contribution in [0.25, 0.3) is 0 Å². The molecule has 0 amide bonds. The van der Waals surface area contributed by atoms with Crippen molar-refractivity contribution in [3.8, 4) is 0 Å². The number of aromatic nitrogens is 1. The van der Waals surface area contributed by atoms with Crippen molar-refractivity contribution in [3.05, 3.63) is 63.4 Å². The Labute approximate surface area is 124 Å². The highest BCUT2D eigenvalue weighted by molar-refractivity contribution is 6.32. The summed E-state index contributed by atoms with van der Waals surface area (Å²) in [4.78, 5) is 6.42. The molecule has 2 aromatic rings. The van der Waals surface area contributed by atoms with Crippen LogP contribution in [-0.4, -0.2) is 16.9 Å². The van der Waals surface area contributed by atoms with Gasteiger partial charge in [-0.3, -0.25) is 4.90 Å². The van der Waals surface area contributed by atoms with Gasteiger partial charge in [0.1, 0.15) is 5.15 Å². The Hall–Kier alpha value is -1.09. The van der Waals surface area contributed by atoms with Crippen molar-refractivity contribution in [2.45, 2.75) is 20.0 Å². The van der Waals surface area contributed by atoms with Gasteiger partial charge in [0.25, 0.3) is 0 Å². The summed E-state index contributed by atoms with van der Waals surface area (Å²) in [5.41, 5.74) is 3.35. The lowest BCUT2D eigenvalue weighted by Gasteiger charge is -2.17. The van der Waals surface area contributed by atoms with Crippen molar-refractivity contribution in [2.75, 3.05) is 7.05 Å². The molecule has 0 spiro atoms. The summed E-state index contributed by atoms with van der Waals surface area (Å²) >= 11 is 12.0. The van der Waals surface area contributed by atoms with E-state index < -0.39 is 0 Å². The molecule has 1 aromatic heterocycles. The highest BCUT2D eigenvalue weighted by Crippen LogP contribution is 2.18. The van der Waals surface area contributed by atoms with E-state index in [2.05, 4.69) is 41.1 Å². The molecule has 2 nitrogen and oxygen atoms in total. The van der Waals surface area contributed by atoms with E-state index in [9.17, 15) is 0 Å². The first-order valence-corrected chi connectivity index (χ1v) is 6.85. The third-order valence-electron chi connectivity index (χ3n) is 2.88. The van der Waals surface area contributed by atoms with Crippen LogP contribution in [0.1, 0.15) is 16.8 Å². The van der Waals surface area contributed by atoms with E-state index in [4.69, 9.17) is 23.2 Å². The van der Waals surface area contributed by atoms with E-state index in [1.54, 1.807) is 12.1 Å². The van der Waals surface area contributed by atoms with Gasteiger partial charge in [0.05, 0.1) is 10.7 Å². The SMILES string of the molecule is Cc1ccc(CN(C)Cc2nc(Cl)ccc2Cl)cc1. The van der Waals surface area contributed by atoms with E-state index in [0.717, 1.165) is 12.2 Å². The highest BCUT2D eigenvalue weighted by atomic mass is 35.5. The van der Waals surface area contributed by atoms with Crippen LogP contribution < -0.4 is 0 Å². The number of hydrogen-bond donors (Lipinski definition) is 0. The van der Waals surface area contributed by atoms with Crippen LogP contribution in [0.15, 0.2) is 36.4 Å². The van der Waals surface area contributed by atoms with Gasteiger partial charge in [-0.15, -0.1) is 0 Å². The van der Waals surface area contributed by atoms with E-state index >= 15 is 0 Å². The van der Waals surface area contributed by atoms with Crippen LogP contribution in [-0.2, 0) is 13.1 Å². The standard InChI is InChI=1S/C15H16Cl2N2/c1-11-3-5-12(6-4-11)9-19(2)10-14-13(16)7-8-15(17)18-14/h3-8H,9-10H2,1-2H3. The van der Waals surface area contributed by atoms with Crippen molar-refractivity contribution in [1.29, 1.82) is 0 Å². The minimum Gasteiger partial charge on any atom is -0.296 e. The first kappa shape index (κ1) is 14.3. The van der Waals surface area contributed by atoms with Gasteiger partial charge in [-0.1, -0.05) is 53.0 Å². The third-order valence-corrected chi connectivity index (χ3v) is 3.43. The monoisotopic (exact) mass is 294 g/mol. The summed E-state index contributed by atoms with van der Waals surface area (Å²) in [5, 5.41) is 1.13. The van der Waals surface area contributed by atoms with Gasteiger partial charge < -0.3 is 0 Å². The maximum atomic E-state index is 6.12. The molecular weight excluding hydrogens is 279 g/mol. The number of aryl methyl sites for hydroxylation is 1. The fourth-order valence-electron chi connectivity index (χ4n) is 1.89. The number of rotatable bonds is 4. The Kier molecular flexibility index (Phi) is 4.81. The second-order valence-corrected chi connectivity index (χ2v) is 5.51. The molecule has 0 radical (unpaired) electrons. The van der Waals surface area contributed by atoms with Crippen molar-refractivity contribution < 1.29 is 0 Å². The Bertz CT molecular complexity index is 553. The number of benzene rings is 1. The van der Waals surface area contributed by atoms with Gasteiger partial charge in [-0.2, -0.15) is 0 Å². The zero-order chi connectivity index (χ0) is 13.8. The van der Waals surface area contributed by atoms with Crippen LogP contribution in [0.4, 0.5) is 0 Å². The molecule has 100 valence electrons. The lowest BCUT2D eigenvalue weighted by atomic mass is 10.1. The largest absolute Gasteiger partial charge is 0.296 e. The van der Waals surface area contributed by atoms with Gasteiger partial charge in [-0.25, -0.2) is 4.98 Å². The van der Waals surface area contributed by atoms with Crippen molar-refractivity contribution in [3.63, 3.8) is 0 Å². The average molecular weight is 295 g/mol. The lowest BCUT2D eigenvalue weighted by molar-refractivity contribution is 0.315. The number of hydrogen-bond acceptors (Lipinski definition) is 2. The average Bonchev–Trinajstić information content (AvgIpc) is 2.37. The maximum absolute atomic E-state index is 6.12. The fourth-order valence-corrected chi connectivity index (χ4v) is 2.22. The van der Waals surface area contributed by atoms with Gasteiger partial charge in [-0.05, 0) is 31.7 Å². The first-order valence-electron chi connectivity index (χ1n) is 6.09. The van der Waals surface area contributed by atoms with Crippen molar-refractivity contribution >= 4 is 23.2 Å². The molecule has 19 heavy (non-hydrogen) atoms. The maximum Gasteiger partial charge on any atom is 0.129 e. The highest BCUT2D eigenvalue weighted by Gasteiger charge is 2.07. The molecular formula is C15H16Cl2N2. The summed E-state index contributed by atoms with van der Waals surface area (Å²) in [6, 6.07) is 12.0. The normalized spacial score (nSPS) is 11.0. The molecule has 0 aliphatic heterocycles. The summed E-state index contributed by atoms with van der Waals surface area (Å²) < 4.78 is 0. The fraction of sp³-hybridized carbons (Fsp3) is 0.267. The van der Waals surface area contributed by atoms with Crippen LogP contribution >= 0.6 is 23.2 Å². The Balaban J connectivity index is 2.02. The lowest BCUT2D eigenvalue weighted by Crippen LogP contribution is -2.18. The second-order valence-electron chi connectivity index (χ2n) is 4.72. The molecule has 0 unspecified atom stereocenters. The van der Waals surface area contributed by atoms with Crippen LogP contribution in [0.3, 0.4) is 0 Å². The molecule has 0 atom stereocenters. The third kappa shape index (κ3) is 4.20. The Morgan fingerprint density at radius 3 is 2.37 bits per heavy atom. The molecule has 0 fully saturated rings. The predicted molar refractivity (Wildman–Crippen MR) is 80.6 cm³/mol. The van der Waals surface area contributed by atoms with Gasteiger partial charge in [0, 0.05) is 13.1 Å². The topological polar surface area (TPSA) is 16.1 Å². The second kappa shape index (κ2) is 6.38. The molecule has 1 aromatic carbocycles. The molecule has 0 saturated carbocycles. The summed E-state index contributed by atoms with van der Waals surface area (Å²) in [7, 11) is 2.04. The number of pyridine rings is 1. The Morgan fingerprint density at radius 1 is 1.00 bits per heavy atom. The Morgan fingerprint density at radius 2 is 1.68 bits per heavy atom. The first-order chi connectivity index (χ1) is 9.04. The molecule has 1 heterocycles. The van der Waals surface area contributed by atoms with Crippen molar-refractivity contribution in [1.82, 2.24) is 9.88 Å². The molecule has 2 rings (SSSR count). The van der Waals surface area contributed by atoms with Crippen LogP contribution in [0, 0.1) is 6.92 Å². The zero-order valence-corrected chi connectivity index (χ0v) is 12.5. The zero-order valence-electron chi connectivity index (χ0n) is 11.0. The molecule has 0 aliphatic carbocycles. The molecule has 4 heteroatoms. The molecule has 0 aliphatic rings. The summed E-state index contributed by atoms with van der Waals surface area (Å²) in [6.07, 6.45) is 0. The smallest absolute Gasteiger partial charge is 0.129 e. The molecule has 0 bridgehead atoms. The van der Waals surface area contributed by atoms with Crippen LogP contribution in [0.5, 0.6) is 0 Å². The predicted octanol–water partition coefficient (Wildman–Crippen LogP) is 4.33. The van der Waals surface area contributed by atoms with Gasteiger partial charge >= 0.3 is 0 Å². The minimum atomic E-state index is 0.475. The summed E-state index contributed by atoms with van der Waals surface area (Å²) in [5.74, 6) is 0. The quantitative estimate of drug-likeness (QED) is 0.780. The minimum absolute atomic E-state index is 0.475. The molecule has 0 saturated heterocycles. The number of halogens is 2. The van der Waals surface area contributed by atoms with Crippen molar-refractivity contribution in [2.24, 2.45) is 0 Å². The number of nitrogens with zero attached hydrogens (tertiary/aromatic N) is 2. The van der Waals surface area contributed by atoms with Gasteiger partial charge in [0.2, 0.25) is 0 Å². The van der Waals surface area contributed by atoms with E-state index in [1.165, 1.54) is 11.1 Å².